The first-order valence-corrected chi connectivity index (χ1v) is 9.12. The number of aryl methyl sites for hydroxylation is 2. The second kappa shape index (κ2) is 7.19. The van der Waals surface area contributed by atoms with E-state index in [1.54, 1.807) is 6.07 Å². The molecule has 0 spiro atoms. The van der Waals surface area contributed by atoms with E-state index < -0.39 is 0 Å². The van der Waals surface area contributed by atoms with Crippen molar-refractivity contribution >= 4 is 17.4 Å². The molecule has 0 bridgehead atoms. The van der Waals surface area contributed by atoms with Gasteiger partial charge in [0, 0.05) is 24.8 Å². The van der Waals surface area contributed by atoms with E-state index in [0.717, 1.165) is 42.1 Å². The summed E-state index contributed by atoms with van der Waals surface area (Å²) in [6.45, 7) is 5.71. The second-order valence-corrected chi connectivity index (χ2v) is 7.03. The van der Waals surface area contributed by atoms with Gasteiger partial charge in [-0.2, -0.15) is 0 Å². The molecule has 0 fully saturated rings. The Labute approximate surface area is 159 Å². The van der Waals surface area contributed by atoms with Crippen LogP contribution in [0.15, 0.2) is 54.9 Å². The van der Waals surface area contributed by atoms with Gasteiger partial charge in [0.25, 0.3) is 5.91 Å². The molecule has 0 saturated heterocycles. The lowest BCUT2D eigenvalue weighted by atomic mass is 10.00. The minimum atomic E-state index is -0.221. The molecule has 2 heterocycles. The third-order valence-electron chi connectivity index (χ3n) is 4.82. The maximum Gasteiger partial charge on any atom is 0.274 e. The fourth-order valence-corrected chi connectivity index (χ4v) is 3.58. The van der Waals surface area contributed by atoms with E-state index >= 15 is 0 Å². The van der Waals surface area contributed by atoms with E-state index in [-0.39, 0.29) is 5.91 Å². The predicted octanol–water partition coefficient (Wildman–Crippen LogP) is 3.91. The number of rotatable bonds is 3. The monoisotopic (exact) mass is 358 g/mol. The van der Waals surface area contributed by atoms with Crippen LogP contribution in [0.25, 0.3) is 0 Å². The number of fused-ring (bicyclic) bond motifs is 1. The first kappa shape index (κ1) is 17.2. The smallest absolute Gasteiger partial charge is 0.274 e. The first-order chi connectivity index (χ1) is 13.1. The molecule has 0 radical (unpaired) electrons. The highest BCUT2D eigenvalue weighted by Gasteiger charge is 2.18. The highest BCUT2D eigenvalue weighted by molar-refractivity contribution is 6.03. The number of nitrogens with one attached hydrogen (secondary N) is 1. The summed E-state index contributed by atoms with van der Waals surface area (Å²) < 4.78 is 0. The van der Waals surface area contributed by atoms with Gasteiger partial charge in [0.1, 0.15) is 17.8 Å². The van der Waals surface area contributed by atoms with Crippen LogP contribution in [0.1, 0.15) is 32.7 Å². The van der Waals surface area contributed by atoms with Crippen LogP contribution in [0.3, 0.4) is 0 Å². The van der Waals surface area contributed by atoms with Crippen LogP contribution >= 0.6 is 0 Å². The van der Waals surface area contributed by atoms with Crippen LogP contribution in [0, 0.1) is 13.8 Å². The summed E-state index contributed by atoms with van der Waals surface area (Å²) in [6, 6.07) is 16.2. The van der Waals surface area contributed by atoms with Crippen molar-refractivity contribution in [2.45, 2.75) is 26.8 Å². The van der Waals surface area contributed by atoms with E-state index in [1.807, 2.05) is 26.0 Å². The molecule has 0 unspecified atom stereocenters. The third kappa shape index (κ3) is 3.82. The summed E-state index contributed by atoms with van der Waals surface area (Å²) in [5.41, 5.74) is 6.07. The maximum absolute atomic E-state index is 12.7. The second-order valence-electron chi connectivity index (χ2n) is 7.03. The molecular formula is C22H22N4O. The van der Waals surface area contributed by atoms with E-state index in [1.165, 1.54) is 17.5 Å². The minimum Gasteiger partial charge on any atom is -0.352 e. The van der Waals surface area contributed by atoms with Crippen molar-refractivity contribution < 1.29 is 4.79 Å². The van der Waals surface area contributed by atoms with Gasteiger partial charge >= 0.3 is 0 Å². The Morgan fingerprint density at radius 3 is 2.52 bits per heavy atom. The Morgan fingerprint density at radius 1 is 1.00 bits per heavy atom. The highest BCUT2D eigenvalue weighted by Crippen LogP contribution is 2.23. The van der Waals surface area contributed by atoms with Gasteiger partial charge in [-0.1, -0.05) is 30.3 Å². The highest BCUT2D eigenvalue weighted by atomic mass is 16.1. The predicted molar refractivity (Wildman–Crippen MR) is 107 cm³/mol. The van der Waals surface area contributed by atoms with Gasteiger partial charge in [-0.15, -0.1) is 0 Å². The van der Waals surface area contributed by atoms with Crippen molar-refractivity contribution in [1.29, 1.82) is 0 Å². The molecule has 4 rings (SSSR count). The van der Waals surface area contributed by atoms with Gasteiger partial charge in [-0.25, -0.2) is 9.97 Å². The zero-order valence-electron chi connectivity index (χ0n) is 15.6. The zero-order valence-corrected chi connectivity index (χ0v) is 15.6. The molecule has 3 aromatic rings. The number of nitrogens with zero attached hydrogens (tertiary/aromatic N) is 3. The molecule has 1 amide bonds. The summed E-state index contributed by atoms with van der Waals surface area (Å²) in [4.78, 5) is 23.4. The number of carbonyl (C=O) groups excluding carboxylic acids is 1. The van der Waals surface area contributed by atoms with Gasteiger partial charge < -0.3 is 10.2 Å². The average Bonchev–Trinajstić information content (AvgIpc) is 2.67. The van der Waals surface area contributed by atoms with Gasteiger partial charge in [0.05, 0.1) is 0 Å². The summed E-state index contributed by atoms with van der Waals surface area (Å²) in [5, 5.41) is 2.94. The zero-order chi connectivity index (χ0) is 18.8. The molecule has 1 aromatic heterocycles. The molecule has 2 aromatic carbocycles. The van der Waals surface area contributed by atoms with Crippen molar-refractivity contribution in [2.24, 2.45) is 0 Å². The van der Waals surface area contributed by atoms with Crippen molar-refractivity contribution in [1.82, 2.24) is 9.97 Å². The van der Waals surface area contributed by atoms with Crippen molar-refractivity contribution in [3.05, 3.63) is 82.8 Å². The van der Waals surface area contributed by atoms with Crippen LogP contribution in [0.5, 0.6) is 0 Å². The van der Waals surface area contributed by atoms with Crippen LogP contribution in [-0.4, -0.2) is 22.4 Å². The molecule has 0 atom stereocenters. The standard InChI is InChI=1S/C22H22N4O/c1-15-9-16(2)11-19(10-15)25-22(27)20-12-21(24-14-23-20)26-8-7-17-5-3-4-6-18(17)13-26/h3-6,9-12,14H,7-8,13H2,1-2H3,(H,25,27). The molecule has 5 heteroatoms. The third-order valence-corrected chi connectivity index (χ3v) is 4.82. The molecule has 5 nitrogen and oxygen atoms in total. The quantitative estimate of drug-likeness (QED) is 0.771. The largest absolute Gasteiger partial charge is 0.352 e. The molecule has 0 aliphatic carbocycles. The van der Waals surface area contributed by atoms with Gasteiger partial charge in [-0.3, -0.25) is 4.79 Å². The van der Waals surface area contributed by atoms with Gasteiger partial charge in [0.2, 0.25) is 0 Å². The van der Waals surface area contributed by atoms with Crippen LogP contribution in [0.4, 0.5) is 11.5 Å². The maximum atomic E-state index is 12.7. The minimum absolute atomic E-state index is 0.221. The number of hydrogen-bond donors (Lipinski definition) is 1. The molecular weight excluding hydrogens is 336 g/mol. The van der Waals surface area contributed by atoms with Gasteiger partial charge in [-0.05, 0) is 54.7 Å². The fraction of sp³-hybridized carbons (Fsp3) is 0.227. The Bertz CT molecular complexity index is 979. The number of anilines is 2. The lowest BCUT2D eigenvalue weighted by Crippen LogP contribution is -2.31. The van der Waals surface area contributed by atoms with Crippen molar-refractivity contribution in [3.63, 3.8) is 0 Å². The topological polar surface area (TPSA) is 58.1 Å². The Kier molecular flexibility index (Phi) is 4.59. The Morgan fingerprint density at radius 2 is 1.74 bits per heavy atom. The lowest BCUT2D eigenvalue weighted by Gasteiger charge is -2.29. The summed E-state index contributed by atoms with van der Waals surface area (Å²) in [6.07, 6.45) is 2.44. The fourth-order valence-electron chi connectivity index (χ4n) is 3.58. The number of carbonyl (C=O) groups is 1. The molecule has 0 saturated carbocycles. The molecule has 1 N–H and O–H groups in total. The van der Waals surface area contributed by atoms with E-state index in [4.69, 9.17) is 0 Å². The van der Waals surface area contributed by atoms with Gasteiger partial charge in [0.15, 0.2) is 0 Å². The average molecular weight is 358 g/mol. The summed E-state index contributed by atoms with van der Waals surface area (Å²) in [7, 11) is 0. The van der Waals surface area contributed by atoms with Crippen molar-refractivity contribution in [2.75, 3.05) is 16.8 Å². The Balaban J connectivity index is 1.53. The number of aromatic nitrogens is 2. The van der Waals surface area contributed by atoms with Crippen LogP contribution in [-0.2, 0) is 13.0 Å². The first-order valence-electron chi connectivity index (χ1n) is 9.12. The van der Waals surface area contributed by atoms with Crippen molar-refractivity contribution in [3.8, 4) is 0 Å². The lowest BCUT2D eigenvalue weighted by molar-refractivity contribution is 0.102. The van der Waals surface area contributed by atoms with Crippen LogP contribution < -0.4 is 10.2 Å². The summed E-state index contributed by atoms with van der Waals surface area (Å²) >= 11 is 0. The Hall–Kier alpha value is -3.21. The molecule has 27 heavy (non-hydrogen) atoms. The normalized spacial score (nSPS) is 13.2. The summed E-state index contributed by atoms with van der Waals surface area (Å²) in [5.74, 6) is 0.561. The molecule has 1 aliphatic rings. The number of benzene rings is 2. The van der Waals surface area contributed by atoms with E-state index in [2.05, 4.69) is 50.5 Å². The molecule has 1 aliphatic heterocycles. The van der Waals surface area contributed by atoms with E-state index in [0.29, 0.717) is 5.69 Å². The number of hydrogen-bond acceptors (Lipinski definition) is 4. The van der Waals surface area contributed by atoms with Crippen LogP contribution in [0.2, 0.25) is 0 Å². The van der Waals surface area contributed by atoms with E-state index in [9.17, 15) is 4.79 Å². The SMILES string of the molecule is Cc1cc(C)cc(NC(=O)c2cc(N3CCc4ccccc4C3)ncn2)c1. The molecule has 136 valence electrons. The number of amides is 1.